The molecule has 1 N–H and O–H groups in total. The Morgan fingerprint density at radius 1 is 1.50 bits per heavy atom. The second-order valence-electron chi connectivity index (χ2n) is 3.43. The van der Waals surface area contributed by atoms with Crippen LogP contribution in [-0.2, 0) is 4.79 Å². The number of carbonyl (C=O) groups excluding carboxylic acids is 2. The SMILES string of the molecule is CC12CCCN1C(=O)N(O)C2=O. The Morgan fingerprint density at radius 2 is 2.17 bits per heavy atom. The number of imide groups is 1. The normalized spacial score (nSPS) is 34.8. The number of fused-ring (bicyclic) bond motifs is 1. The molecule has 2 saturated heterocycles. The summed E-state index contributed by atoms with van der Waals surface area (Å²) in [4.78, 5) is 23.9. The van der Waals surface area contributed by atoms with Gasteiger partial charge in [0, 0.05) is 6.54 Å². The Labute approximate surface area is 69.5 Å². The van der Waals surface area contributed by atoms with E-state index in [1.807, 2.05) is 0 Å². The van der Waals surface area contributed by atoms with E-state index >= 15 is 0 Å². The molecule has 0 aromatic rings. The van der Waals surface area contributed by atoms with E-state index in [-0.39, 0.29) is 5.06 Å². The van der Waals surface area contributed by atoms with Gasteiger partial charge in [0.2, 0.25) is 0 Å². The Kier molecular flexibility index (Phi) is 1.24. The predicted molar refractivity (Wildman–Crippen MR) is 38.4 cm³/mol. The lowest BCUT2D eigenvalue weighted by atomic mass is 10.00. The molecule has 0 bridgehead atoms. The van der Waals surface area contributed by atoms with Crippen LogP contribution in [0.15, 0.2) is 0 Å². The molecular weight excluding hydrogens is 160 g/mol. The Balaban J connectivity index is 2.42. The van der Waals surface area contributed by atoms with Gasteiger partial charge in [-0.05, 0) is 19.8 Å². The summed E-state index contributed by atoms with van der Waals surface area (Å²) in [7, 11) is 0. The molecule has 0 aromatic carbocycles. The number of hydrogen-bond donors (Lipinski definition) is 1. The van der Waals surface area contributed by atoms with Crippen molar-refractivity contribution in [1.29, 1.82) is 0 Å². The highest BCUT2D eigenvalue weighted by atomic mass is 16.5. The Hall–Kier alpha value is -1.10. The lowest BCUT2D eigenvalue weighted by molar-refractivity contribution is -0.152. The van der Waals surface area contributed by atoms with Crippen LogP contribution in [0.4, 0.5) is 4.79 Å². The summed E-state index contributed by atoms with van der Waals surface area (Å²) in [5.41, 5.74) is -0.772. The zero-order valence-corrected chi connectivity index (χ0v) is 6.78. The summed E-state index contributed by atoms with van der Waals surface area (Å²) in [5.74, 6) is -0.495. The molecule has 0 aromatic heterocycles. The predicted octanol–water partition coefficient (Wildman–Crippen LogP) is 0.192. The van der Waals surface area contributed by atoms with Crippen molar-refractivity contribution in [3.8, 4) is 0 Å². The van der Waals surface area contributed by atoms with Crippen LogP contribution in [0.1, 0.15) is 19.8 Å². The fourth-order valence-electron chi connectivity index (χ4n) is 1.92. The number of hydroxylamine groups is 2. The maximum Gasteiger partial charge on any atom is 0.352 e. The average Bonchev–Trinajstić information content (AvgIpc) is 2.49. The minimum absolute atomic E-state index is 0.221. The van der Waals surface area contributed by atoms with Gasteiger partial charge in [0.1, 0.15) is 5.54 Å². The second kappa shape index (κ2) is 1.98. The number of urea groups is 1. The fourth-order valence-corrected chi connectivity index (χ4v) is 1.92. The molecule has 66 valence electrons. The highest BCUT2D eigenvalue weighted by Crippen LogP contribution is 2.36. The number of nitrogens with zero attached hydrogens (tertiary/aromatic N) is 2. The molecule has 2 rings (SSSR count). The highest BCUT2D eigenvalue weighted by molar-refractivity contribution is 6.05. The average molecular weight is 170 g/mol. The molecule has 0 aliphatic carbocycles. The standard InChI is InChI=1S/C7H10N2O3/c1-7-3-2-4-8(7)6(11)9(12)5(7)10/h12H,2-4H2,1H3. The zero-order chi connectivity index (χ0) is 8.93. The van der Waals surface area contributed by atoms with Crippen molar-refractivity contribution >= 4 is 11.9 Å². The molecule has 0 spiro atoms. The number of carbonyl (C=O) groups is 2. The van der Waals surface area contributed by atoms with E-state index < -0.39 is 17.5 Å². The van der Waals surface area contributed by atoms with Crippen molar-refractivity contribution < 1.29 is 14.8 Å². The van der Waals surface area contributed by atoms with Crippen LogP contribution in [-0.4, -0.2) is 39.2 Å². The number of rotatable bonds is 0. The monoisotopic (exact) mass is 170 g/mol. The first-order valence-corrected chi connectivity index (χ1v) is 3.92. The fraction of sp³-hybridized carbons (Fsp3) is 0.714. The first kappa shape index (κ1) is 7.54. The van der Waals surface area contributed by atoms with E-state index in [1.165, 1.54) is 4.90 Å². The molecule has 2 aliphatic heterocycles. The van der Waals surface area contributed by atoms with Crippen LogP contribution in [0.3, 0.4) is 0 Å². The first-order chi connectivity index (χ1) is 5.57. The van der Waals surface area contributed by atoms with E-state index in [1.54, 1.807) is 6.92 Å². The third kappa shape index (κ3) is 0.621. The third-order valence-electron chi connectivity index (χ3n) is 2.71. The molecule has 3 amide bonds. The molecule has 2 heterocycles. The molecule has 1 unspecified atom stereocenters. The molecule has 1 atom stereocenters. The summed E-state index contributed by atoms with van der Waals surface area (Å²) in [6.07, 6.45) is 1.48. The van der Waals surface area contributed by atoms with Crippen molar-refractivity contribution in [1.82, 2.24) is 9.96 Å². The molecule has 2 aliphatic rings. The number of hydrogen-bond acceptors (Lipinski definition) is 3. The minimum Gasteiger partial charge on any atom is -0.308 e. The van der Waals surface area contributed by atoms with Gasteiger partial charge in [0.15, 0.2) is 0 Å². The first-order valence-electron chi connectivity index (χ1n) is 3.92. The van der Waals surface area contributed by atoms with Crippen molar-refractivity contribution in [2.75, 3.05) is 6.54 Å². The summed E-state index contributed by atoms with van der Waals surface area (Å²) < 4.78 is 0. The maximum absolute atomic E-state index is 11.3. The smallest absolute Gasteiger partial charge is 0.308 e. The van der Waals surface area contributed by atoms with Crippen LogP contribution < -0.4 is 0 Å². The zero-order valence-electron chi connectivity index (χ0n) is 6.78. The van der Waals surface area contributed by atoms with Crippen molar-refractivity contribution in [2.24, 2.45) is 0 Å². The molecular formula is C7H10N2O3. The van der Waals surface area contributed by atoms with Crippen molar-refractivity contribution in [3.63, 3.8) is 0 Å². The van der Waals surface area contributed by atoms with Gasteiger partial charge in [-0.15, -0.1) is 5.06 Å². The van der Waals surface area contributed by atoms with Crippen LogP contribution in [0.5, 0.6) is 0 Å². The lowest BCUT2D eigenvalue weighted by Crippen LogP contribution is -2.41. The maximum atomic E-state index is 11.3. The van der Waals surface area contributed by atoms with Gasteiger partial charge in [-0.3, -0.25) is 10.0 Å². The van der Waals surface area contributed by atoms with E-state index in [2.05, 4.69) is 0 Å². The van der Waals surface area contributed by atoms with Gasteiger partial charge in [-0.2, -0.15) is 0 Å². The van der Waals surface area contributed by atoms with Crippen LogP contribution >= 0.6 is 0 Å². The van der Waals surface area contributed by atoms with Gasteiger partial charge < -0.3 is 4.90 Å². The van der Waals surface area contributed by atoms with E-state index in [9.17, 15) is 9.59 Å². The van der Waals surface area contributed by atoms with E-state index in [0.29, 0.717) is 13.0 Å². The molecule has 5 nitrogen and oxygen atoms in total. The van der Waals surface area contributed by atoms with E-state index in [0.717, 1.165) is 6.42 Å². The molecule has 5 heteroatoms. The van der Waals surface area contributed by atoms with Crippen LogP contribution in [0, 0.1) is 0 Å². The van der Waals surface area contributed by atoms with Crippen molar-refractivity contribution in [3.05, 3.63) is 0 Å². The molecule has 2 fully saturated rings. The number of amides is 3. The molecule has 12 heavy (non-hydrogen) atoms. The minimum atomic E-state index is -0.772. The third-order valence-corrected chi connectivity index (χ3v) is 2.71. The van der Waals surface area contributed by atoms with Crippen molar-refractivity contribution in [2.45, 2.75) is 25.3 Å². The summed E-state index contributed by atoms with van der Waals surface area (Å²) in [6, 6.07) is -0.583. The summed E-state index contributed by atoms with van der Waals surface area (Å²) >= 11 is 0. The summed E-state index contributed by atoms with van der Waals surface area (Å²) in [5, 5.41) is 9.25. The van der Waals surface area contributed by atoms with Crippen LogP contribution in [0.2, 0.25) is 0 Å². The van der Waals surface area contributed by atoms with Gasteiger partial charge in [-0.1, -0.05) is 0 Å². The molecule has 0 radical (unpaired) electrons. The Bertz CT molecular complexity index is 265. The Morgan fingerprint density at radius 3 is 2.75 bits per heavy atom. The lowest BCUT2D eigenvalue weighted by Gasteiger charge is -2.21. The summed E-state index contributed by atoms with van der Waals surface area (Å²) in [6.45, 7) is 2.26. The van der Waals surface area contributed by atoms with Crippen LogP contribution in [0.25, 0.3) is 0 Å². The quantitative estimate of drug-likeness (QED) is 0.417. The highest BCUT2D eigenvalue weighted by Gasteiger charge is 2.56. The van der Waals surface area contributed by atoms with E-state index in [4.69, 9.17) is 5.21 Å². The van der Waals surface area contributed by atoms with Gasteiger partial charge in [0.25, 0.3) is 5.91 Å². The van der Waals surface area contributed by atoms with Gasteiger partial charge in [0.05, 0.1) is 0 Å². The largest absolute Gasteiger partial charge is 0.352 e. The van der Waals surface area contributed by atoms with Gasteiger partial charge in [-0.25, -0.2) is 4.79 Å². The second-order valence-corrected chi connectivity index (χ2v) is 3.43. The molecule has 0 saturated carbocycles. The van der Waals surface area contributed by atoms with Gasteiger partial charge >= 0.3 is 6.03 Å². The topological polar surface area (TPSA) is 60.9 Å².